The molecule has 196 valence electrons. The number of ether oxygens (including phenoxy) is 1. The third-order valence-corrected chi connectivity index (χ3v) is 8.33. The highest BCUT2D eigenvalue weighted by molar-refractivity contribution is 9.10. The summed E-state index contributed by atoms with van der Waals surface area (Å²) in [6.45, 7) is -1.34. The molecule has 37 heavy (non-hydrogen) atoms. The molecule has 2 aliphatic heterocycles. The van der Waals surface area contributed by atoms with Gasteiger partial charge in [0.2, 0.25) is 11.5 Å². The van der Waals surface area contributed by atoms with Crippen molar-refractivity contribution < 1.29 is 36.7 Å². The van der Waals surface area contributed by atoms with Crippen LogP contribution in [0.25, 0.3) is 0 Å². The minimum Gasteiger partial charge on any atom is -0.427 e. The Morgan fingerprint density at radius 1 is 1.19 bits per heavy atom. The summed E-state index contributed by atoms with van der Waals surface area (Å²) < 4.78 is 62.0. The average Bonchev–Trinajstić information content (AvgIpc) is 3.63. The predicted octanol–water partition coefficient (Wildman–Crippen LogP) is 5.63. The molecule has 1 aliphatic carbocycles. The third-order valence-electron chi connectivity index (χ3n) is 6.78. The molecule has 5 rings (SSSR count). The van der Waals surface area contributed by atoms with Gasteiger partial charge in [-0.3, -0.25) is 9.59 Å². The second kappa shape index (κ2) is 9.61. The van der Waals surface area contributed by atoms with Crippen LogP contribution in [0.2, 0.25) is 0 Å². The molecule has 0 bridgehead atoms. The smallest absolute Gasteiger partial charge is 0.418 e. The normalized spacial score (nSPS) is 22.1. The van der Waals surface area contributed by atoms with E-state index in [1.807, 2.05) is 0 Å². The van der Waals surface area contributed by atoms with Crippen LogP contribution in [-0.4, -0.2) is 52.2 Å². The largest absolute Gasteiger partial charge is 0.427 e. The first-order valence-corrected chi connectivity index (χ1v) is 13.4. The average molecular weight is 601 g/mol. The number of halogens is 5. The second-order valence-corrected chi connectivity index (χ2v) is 11.3. The Kier molecular flexibility index (Phi) is 6.76. The highest BCUT2D eigenvalue weighted by atomic mass is 79.9. The fraction of sp³-hybridized carbons (Fsp3) is 0.400. The van der Waals surface area contributed by atoms with E-state index in [4.69, 9.17) is 4.74 Å². The Hall–Kier alpha value is -2.60. The highest BCUT2D eigenvalue weighted by Gasteiger charge is 2.58. The van der Waals surface area contributed by atoms with Crippen molar-refractivity contribution in [3.05, 3.63) is 63.9 Å². The molecule has 2 atom stereocenters. The molecule has 2 fully saturated rings. The van der Waals surface area contributed by atoms with Gasteiger partial charge in [-0.15, -0.1) is 11.8 Å². The molecule has 1 saturated carbocycles. The first kappa shape index (κ1) is 26.0. The maximum atomic E-state index is 14.1. The molecule has 12 heteroatoms. The lowest BCUT2D eigenvalue weighted by Crippen LogP contribution is -2.53. The number of fused-ring (bicyclic) bond motifs is 2. The molecule has 2 heterocycles. The topological polar surface area (TPSA) is 66.9 Å². The van der Waals surface area contributed by atoms with Gasteiger partial charge in [-0.05, 0) is 48.6 Å². The van der Waals surface area contributed by atoms with Crippen LogP contribution >= 0.6 is 27.7 Å². The Morgan fingerprint density at radius 2 is 1.89 bits per heavy atom. The Bertz CT molecular complexity index is 1250. The predicted molar refractivity (Wildman–Crippen MR) is 129 cm³/mol. The van der Waals surface area contributed by atoms with E-state index in [9.17, 15) is 31.9 Å². The number of hydrogen-bond donors (Lipinski definition) is 0. The fourth-order valence-electron chi connectivity index (χ4n) is 4.87. The summed E-state index contributed by atoms with van der Waals surface area (Å²) in [6, 6.07) is 7.87. The fourth-order valence-corrected chi connectivity index (χ4v) is 6.59. The summed E-state index contributed by atoms with van der Waals surface area (Å²) in [5, 5.41) is 0. The van der Waals surface area contributed by atoms with E-state index in [1.54, 1.807) is 18.2 Å². The quantitative estimate of drug-likeness (QED) is 0.402. The Labute approximate surface area is 222 Å². The van der Waals surface area contributed by atoms with Crippen molar-refractivity contribution >= 4 is 45.6 Å². The molecule has 1 spiro atoms. The summed E-state index contributed by atoms with van der Waals surface area (Å²) in [4.78, 5) is 41.7. The van der Waals surface area contributed by atoms with Crippen LogP contribution in [0.3, 0.4) is 0 Å². The number of benzene rings is 2. The first-order valence-electron chi connectivity index (χ1n) is 11.6. The minimum absolute atomic E-state index is 0.175. The number of thioether (sulfide) groups is 1. The number of carbonyl (C=O) groups excluding carboxylic acids is 3. The molecule has 6 nitrogen and oxygen atoms in total. The SMILES string of the molecule is O=C1OC2(CCSc3cc(Br)ccc32)C(=O)N1CC(=O)N(Cc1ccc(F)cc1)[C@@H](C1CC1)C(F)(F)F. The summed E-state index contributed by atoms with van der Waals surface area (Å²) in [6.07, 6.45) is -5.02. The van der Waals surface area contributed by atoms with Crippen molar-refractivity contribution in [2.24, 2.45) is 5.92 Å². The molecule has 0 radical (unpaired) electrons. The van der Waals surface area contributed by atoms with Gasteiger partial charge in [-0.2, -0.15) is 13.2 Å². The van der Waals surface area contributed by atoms with Crippen LogP contribution in [0.15, 0.2) is 51.8 Å². The number of rotatable bonds is 6. The van der Waals surface area contributed by atoms with E-state index in [0.29, 0.717) is 39.5 Å². The van der Waals surface area contributed by atoms with Gasteiger partial charge >= 0.3 is 12.3 Å². The molecule has 0 N–H and O–H groups in total. The molecule has 3 aliphatic rings. The van der Waals surface area contributed by atoms with E-state index in [-0.39, 0.29) is 6.42 Å². The molecule has 1 saturated heterocycles. The molecule has 2 aromatic carbocycles. The van der Waals surface area contributed by atoms with Crippen molar-refractivity contribution in [1.29, 1.82) is 0 Å². The lowest BCUT2D eigenvalue weighted by atomic mass is 9.89. The minimum atomic E-state index is -4.72. The summed E-state index contributed by atoms with van der Waals surface area (Å²) >= 11 is 4.86. The van der Waals surface area contributed by atoms with Gasteiger partial charge in [0.1, 0.15) is 18.4 Å². The van der Waals surface area contributed by atoms with Gasteiger partial charge < -0.3 is 9.64 Å². The summed E-state index contributed by atoms with van der Waals surface area (Å²) in [5.74, 6) is -2.69. The molecular weight excluding hydrogens is 580 g/mol. The van der Waals surface area contributed by atoms with E-state index < -0.39 is 60.6 Å². The lowest BCUT2D eigenvalue weighted by molar-refractivity contribution is -0.196. The zero-order valence-corrected chi connectivity index (χ0v) is 21.7. The van der Waals surface area contributed by atoms with E-state index in [1.165, 1.54) is 23.9 Å². The number of hydrogen-bond acceptors (Lipinski definition) is 5. The van der Waals surface area contributed by atoms with Crippen LogP contribution in [0.1, 0.15) is 30.4 Å². The van der Waals surface area contributed by atoms with Crippen LogP contribution in [0.5, 0.6) is 0 Å². The summed E-state index contributed by atoms with van der Waals surface area (Å²) in [5.41, 5.74) is -0.852. The number of imide groups is 1. The highest BCUT2D eigenvalue weighted by Crippen LogP contribution is 2.48. The molecule has 3 amide bonds. The van der Waals surface area contributed by atoms with Gasteiger partial charge in [0, 0.05) is 33.7 Å². The first-order chi connectivity index (χ1) is 17.5. The van der Waals surface area contributed by atoms with Crippen molar-refractivity contribution in [3.63, 3.8) is 0 Å². The van der Waals surface area contributed by atoms with E-state index >= 15 is 0 Å². The molecule has 2 aromatic rings. The van der Waals surface area contributed by atoms with Crippen molar-refractivity contribution in [2.45, 2.75) is 48.5 Å². The van der Waals surface area contributed by atoms with Crippen LogP contribution in [0.4, 0.5) is 22.4 Å². The van der Waals surface area contributed by atoms with Crippen LogP contribution in [-0.2, 0) is 26.5 Å². The van der Waals surface area contributed by atoms with Gasteiger partial charge in [-0.1, -0.05) is 34.1 Å². The van der Waals surface area contributed by atoms with Gasteiger partial charge in [0.15, 0.2) is 0 Å². The second-order valence-electron chi connectivity index (χ2n) is 9.30. The lowest BCUT2D eigenvalue weighted by Gasteiger charge is -2.34. The molecular formula is C25H21BrF4N2O4S. The van der Waals surface area contributed by atoms with E-state index in [2.05, 4.69) is 15.9 Å². The Morgan fingerprint density at radius 3 is 2.54 bits per heavy atom. The van der Waals surface area contributed by atoms with Gasteiger partial charge in [0.05, 0.1) is 0 Å². The van der Waals surface area contributed by atoms with Crippen LogP contribution < -0.4 is 0 Å². The number of alkyl halides is 3. The Balaban J connectivity index is 1.44. The van der Waals surface area contributed by atoms with Crippen molar-refractivity contribution in [2.75, 3.05) is 12.3 Å². The number of carbonyl (C=O) groups is 3. The number of amides is 3. The third kappa shape index (κ3) is 4.97. The zero-order valence-electron chi connectivity index (χ0n) is 19.3. The van der Waals surface area contributed by atoms with Crippen LogP contribution in [0, 0.1) is 11.7 Å². The monoisotopic (exact) mass is 600 g/mol. The maximum Gasteiger partial charge on any atom is 0.418 e. The standard InChI is InChI=1S/C25H21BrF4N2O4S/c26-16-5-8-18-19(11-16)37-10-9-24(18)22(34)32(23(35)36-24)13-20(33)31(12-14-1-6-17(27)7-2-14)21(15-3-4-15)25(28,29)30/h1-2,5-8,11,15,21H,3-4,9-10,12-13H2/t21-,24?/m0/s1. The zero-order chi connectivity index (χ0) is 26.5. The van der Waals surface area contributed by atoms with E-state index in [0.717, 1.165) is 21.5 Å². The van der Waals surface area contributed by atoms with Crippen molar-refractivity contribution in [1.82, 2.24) is 9.80 Å². The van der Waals surface area contributed by atoms with Gasteiger partial charge in [-0.25, -0.2) is 14.1 Å². The van der Waals surface area contributed by atoms with Gasteiger partial charge in [0.25, 0.3) is 5.91 Å². The molecule has 0 aromatic heterocycles. The summed E-state index contributed by atoms with van der Waals surface area (Å²) in [7, 11) is 0. The maximum absolute atomic E-state index is 14.1. The molecule has 1 unspecified atom stereocenters. The number of nitrogens with zero attached hydrogens (tertiary/aromatic N) is 2. The van der Waals surface area contributed by atoms with Crippen molar-refractivity contribution in [3.8, 4) is 0 Å².